The lowest BCUT2D eigenvalue weighted by atomic mass is 10.0. The average molecular weight is 289 g/mol. The van der Waals surface area contributed by atoms with Gasteiger partial charge in [-0.25, -0.2) is 0 Å². The lowest BCUT2D eigenvalue weighted by Crippen LogP contribution is -2.27. The summed E-state index contributed by atoms with van der Waals surface area (Å²) in [5, 5.41) is 3.35. The Morgan fingerprint density at radius 3 is 2.60 bits per heavy atom. The summed E-state index contributed by atoms with van der Waals surface area (Å²) >= 11 is 5.93. The van der Waals surface area contributed by atoms with E-state index in [-0.39, 0.29) is 11.9 Å². The lowest BCUT2D eigenvalue weighted by molar-refractivity contribution is 0.0940. The molecule has 104 valence electrons. The Labute approximate surface area is 123 Å². The second kappa shape index (κ2) is 5.97. The standard InChI is InChI=1S/C16H17ClN2O/c1-10-5-3-4-6-13(10)11(2)19-16(20)12-7-8-15(18)14(17)9-12/h3-9,11H,18H2,1-2H3,(H,19,20). The number of carbonyl (C=O) groups is 1. The zero-order valence-electron chi connectivity index (χ0n) is 11.5. The highest BCUT2D eigenvalue weighted by molar-refractivity contribution is 6.33. The third-order valence-corrected chi connectivity index (χ3v) is 3.59. The van der Waals surface area contributed by atoms with Crippen molar-refractivity contribution in [1.82, 2.24) is 5.32 Å². The Kier molecular flexibility index (Phi) is 4.30. The fraction of sp³-hybridized carbons (Fsp3) is 0.188. The number of nitrogens with two attached hydrogens (primary N) is 1. The lowest BCUT2D eigenvalue weighted by Gasteiger charge is -2.16. The average Bonchev–Trinajstić information content (AvgIpc) is 2.42. The summed E-state index contributed by atoms with van der Waals surface area (Å²) in [6, 6.07) is 12.8. The number of aryl methyl sites for hydroxylation is 1. The Balaban J connectivity index is 2.15. The highest BCUT2D eigenvalue weighted by Crippen LogP contribution is 2.21. The van der Waals surface area contributed by atoms with Crippen molar-refractivity contribution < 1.29 is 4.79 Å². The zero-order chi connectivity index (χ0) is 14.7. The predicted octanol–water partition coefficient (Wildman–Crippen LogP) is 3.72. The first kappa shape index (κ1) is 14.4. The largest absolute Gasteiger partial charge is 0.398 e. The predicted molar refractivity (Wildman–Crippen MR) is 82.9 cm³/mol. The number of rotatable bonds is 3. The van der Waals surface area contributed by atoms with Crippen LogP contribution in [0.3, 0.4) is 0 Å². The summed E-state index contributed by atoms with van der Waals surface area (Å²) < 4.78 is 0. The highest BCUT2D eigenvalue weighted by Gasteiger charge is 2.13. The van der Waals surface area contributed by atoms with Gasteiger partial charge >= 0.3 is 0 Å². The summed E-state index contributed by atoms with van der Waals surface area (Å²) in [5.74, 6) is -0.164. The quantitative estimate of drug-likeness (QED) is 0.846. The van der Waals surface area contributed by atoms with Crippen LogP contribution >= 0.6 is 11.6 Å². The Morgan fingerprint density at radius 2 is 1.95 bits per heavy atom. The van der Waals surface area contributed by atoms with Crippen LogP contribution in [0, 0.1) is 6.92 Å². The first-order valence-corrected chi connectivity index (χ1v) is 6.78. The van der Waals surface area contributed by atoms with Crippen LogP contribution in [0.1, 0.15) is 34.5 Å². The molecule has 0 spiro atoms. The van der Waals surface area contributed by atoms with Gasteiger partial charge in [0.25, 0.3) is 5.91 Å². The highest BCUT2D eigenvalue weighted by atomic mass is 35.5. The molecule has 2 rings (SSSR count). The van der Waals surface area contributed by atoms with Crippen LogP contribution in [0.15, 0.2) is 42.5 Å². The smallest absolute Gasteiger partial charge is 0.251 e. The Bertz CT molecular complexity index is 640. The molecule has 1 amide bonds. The third-order valence-electron chi connectivity index (χ3n) is 3.27. The van der Waals surface area contributed by atoms with Crippen molar-refractivity contribution in [3.8, 4) is 0 Å². The molecule has 0 aliphatic carbocycles. The monoisotopic (exact) mass is 288 g/mol. The van der Waals surface area contributed by atoms with Crippen molar-refractivity contribution in [1.29, 1.82) is 0 Å². The van der Waals surface area contributed by atoms with Crippen molar-refractivity contribution in [3.63, 3.8) is 0 Å². The van der Waals surface area contributed by atoms with Gasteiger partial charge in [0, 0.05) is 5.56 Å². The number of nitrogen functional groups attached to an aromatic ring is 1. The minimum atomic E-state index is -0.164. The van der Waals surface area contributed by atoms with Crippen LogP contribution in [0.25, 0.3) is 0 Å². The zero-order valence-corrected chi connectivity index (χ0v) is 12.2. The summed E-state index contributed by atoms with van der Waals surface area (Å²) in [7, 11) is 0. The number of nitrogens with one attached hydrogen (secondary N) is 1. The molecule has 0 aliphatic heterocycles. The van der Waals surface area contributed by atoms with Crippen molar-refractivity contribution in [3.05, 3.63) is 64.2 Å². The number of amides is 1. The molecule has 1 unspecified atom stereocenters. The topological polar surface area (TPSA) is 55.1 Å². The SMILES string of the molecule is Cc1ccccc1C(C)NC(=O)c1ccc(N)c(Cl)c1. The maximum Gasteiger partial charge on any atom is 0.251 e. The summed E-state index contributed by atoms with van der Waals surface area (Å²) in [5.41, 5.74) is 8.86. The molecule has 1 atom stereocenters. The minimum absolute atomic E-state index is 0.0694. The van der Waals surface area contributed by atoms with Crippen LogP contribution in [-0.2, 0) is 0 Å². The van der Waals surface area contributed by atoms with Crippen LogP contribution in [0.4, 0.5) is 5.69 Å². The van der Waals surface area contributed by atoms with Gasteiger partial charge in [-0.15, -0.1) is 0 Å². The Hall–Kier alpha value is -2.00. The van der Waals surface area contributed by atoms with E-state index in [1.807, 2.05) is 38.1 Å². The first-order valence-electron chi connectivity index (χ1n) is 6.40. The fourth-order valence-corrected chi connectivity index (χ4v) is 2.28. The molecule has 0 saturated carbocycles. The van der Waals surface area contributed by atoms with Crippen molar-refractivity contribution in [2.45, 2.75) is 19.9 Å². The summed E-state index contributed by atoms with van der Waals surface area (Å²) in [6.07, 6.45) is 0. The van der Waals surface area contributed by atoms with Crippen LogP contribution in [-0.4, -0.2) is 5.91 Å². The fourth-order valence-electron chi connectivity index (χ4n) is 2.10. The van der Waals surface area contributed by atoms with E-state index in [1.54, 1.807) is 18.2 Å². The summed E-state index contributed by atoms with van der Waals surface area (Å²) in [4.78, 5) is 12.2. The minimum Gasteiger partial charge on any atom is -0.398 e. The first-order chi connectivity index (χ1) is 9.49. The van der Waals surface area contributed by atoms with Gasteiger partial charge in [-0.3, -0.25) is 4.79 Å². The molecule has 0 bridgehead atoms. The van der Waals surface area contributed by atoms with E-state index in [2.05, 4.69) is 5.32 Å². The van der Waals surface area contributed by atoms with Crippen LogP contribution < -0.4 is 11.1 Å². The van der Waals surface area contributed by atoms with Gasteiger partial charge in [-0.05, 0) is 43.2 Å². The number of hydrogen-bond donors (Lipinski definition) is 2. The number of halogens is 1. The van der Waals surface area contributed by atoms with E-state index >= 15 is 0 Å². The molecule has 3 N–H and O–H groups in total. The van der Waals surface area contributed by atoms with E-state index in [0.717, 1.165) is 11.1 Å². The maximum atomic E-state index is 12.2. The molecule has 0 radical (unpaired) electrons. The van der Waals surface area contributed by atoms with Gasteiger partial charge in [-0.2, -0.15) is 0 Å². The van der Waals surface area contributed by atoms with Gasteiger partial charge in [0.15, 0.2) is 0 Å². The molecule has 20 heavy (non-hydrogen) atoms. The second-order valence-corrected chi connectivity index (χ2v) is 5.20. The van der Waals surface area contributed by atoms with Gasteiger partial charge in [0.1, 0.15) is 0 Å². The number of benzene rings is 2. The van der Waals surface area contributed by atoms with Gasteiger partial charge < -0.3 is 11.1 Å². The molecular formula is C16H17ClN2O. The molecule has 3 nitrogen and oxygen atoms in total. The normalized spacial score (nSPS) is 11.9. The molecular weight excluding hydrogens is 272 g/mol. The van der Waals surface area contributed by atoms with Crippen molar-refractivity contribution in [2.75, 3.05) is 5.73 Å². The van der Waals surface area contributed by atoms with Gasteiger partial charge in [0.2, 0.25) is 0 Å². The van der Waals surface area contributed by atoms with E-state index in [4.69, 9.17) is 17.3 Å². The Morgan fingerprint density at radius 1 is 1.25 bits per heavy atom. The van der Waals surface area contributed by atoms with Crippen LogP contribution in [0.5, 0.6) is 0 Å². The third kappa shape index (κ3) is 3.11. The molecule has 4 heteroatoms. The van der Waals surface area contributed by atoms with Gasteiger partial charge in [-0.1, -0.05) is 35.9 Å². The molecule has 0 aliphatic rings. The number of anilines is 1. The molecule has 0 aromatic heterocycles. The van der Waals surface area contributed by atoms with Crippen LogP contribution in [0.2, 0.25) is 5.02 Å². The maximum absolute atomic E-state index is 12.2. The molecule has 0 heterocycles. The molecule has 2 aromatic rings. The van der Waals surface area contributed by atoms with E-state index in [9.17, 15) is 4.79 Å². The number of carbonyl (C=O) groups excluding carboxylic acids is 1. The molecule has 0 saturated heterocycles. The summed E-state index contributed by atoms with van der Waals surface area (Å²) in [6.45, 7) is 3.98. The second-order valence-electron chi connectivity index (χ2n) is 4.79. The van der Waals surface area contributed by atoms with Crippen molar-refractivity contribution >= 4 is 23.2 Å². The van der Waals surface area contributed by atoms with Crippen molar-refractivity contribution in [2.24, 2.45) is 0 Å². The van der Waals surface area contributed by atoms with E-state index < -0.39 is 0 Å². The van der Waals surface area contributed by atoms with Gasteiger partial charge in [0.05, 0.1) is 16.8 Å². The van der Waals surface area contributed by atoms with E-state index in [0.29, 0.717) is 16.3 Å². The van der Waals surface area contributed by atoms with E-state index in [1.165, 1.54) is 0 Å². The molecule has 2 aromatic carbocycles. The molecule has 0 fully saturated rings. The number of hydrogen-bond acceptors (Lipinski definition) is 2.